The highest BCUT2D eigenvalue weighted by molar-refractivity contribution is 7.97. The van der Waals surface area contributed by atoms with Gasteiger partial charge in [0.05, 0.1) is 11.7 Å². The van der Waals surface area contributed by atoms with Crippen molar-refractivity contribution in [1.82, 2.24) is 19.4 Å². The van der Waals surface area contributed by atoms with Gasteiger partial charge in [-0.05, 0) is 31.0 Å². The Morgan fingerprint density at radius 1 is 1.33 bits per heavy atom. The average molecular weight is 262 g/mol. The van der Waals surface area contributed by atoms with E-state index in [4.69, 9.17) is 0 Å². The van der Waals surface area contributed by atoms with Crippen molar-refractivity contribution in [1.29, 1.82) is 0 Å². The summed E-state index contributed by atoms with van der Waals surface area (Å²) in [6, 6.07) is 6.46. The third kappa shape index (κ3) is 2.25. The van der Waals surface area contributed by atoms with Crippen LogP contribution >= 0.6 is 11.9 Å². The van der Waals surface area contributed by atoms with Gasteiger partial charge in [0, 0.05) is 43.0 Å². The number of benzene rings is 1. The molecule has 0 atom stereocenters. The lowest BCUT2D eigenvalue weighted by atomic mass is 10.2. The van der Waals surface area contributed by atoms with Crippen molar-refractivity contribution in [3.63, 3.8) is 0 Å². The van der Waals surface area contributed by atoms with Gasteiger partial charge in [-0.1, -0.05) is 6.07 Å². The Morgan fingerprint density at radius 2 is 2.17 bits per heavy atom. The molecule has 0 bridgehead atoms. The van der Waals surface area contributed by atoms with Gasteiger partial charge in [0.1, 0.15) is 0 Å². The first kappa shape index (κ1) is 12.0. The van der Waals surface area contributed by atoms with Gasteiger partial charge in [-0.15, -0.1) is 0 Å². The van der Waals surface area contributed by atoms with Crippen molar-refractivity contribution in [2.75, 3.05) is 26.2 Å². The van der Waals surface area contributed by atoms with Crippen LogP contribution in [0.4, 0.5) is 0 Å². The second-order valence-corrected chi connectivity index (χ2v) is 5.56. The quantitative estimate of drug-likeness (QED) is 0.857. The van der Waals surface area contributed by atoms with Gasteiger partial charge in [-0.2, -0.15) is 5.10 Å². The minimum atomic E-state index is 0.922. The Bertz CT molecular complexity index is 531. The van der Waals surface area contributed by atoms with Crippen LogP contribution in [0.5, 0.6) is 0 Å². The summed E-state index contributed by atoms with van der Waals surface area (Å²) in [5.41, 5.74) is 1.23. The molecule has 2 heterocycles. The summed E-state index contributed by atoms with van der Waals surface area (Å²) < 4.78 is 4.48. The molecule has 3 rings (SSSR count). The van der Waals surface area contributed by atoms with Crippen LogP contribution in [0.1, 0.15) is 6.92 Å². The first-order chi connectivity index (χ1) is 8.88. The number of nitrogens with zero attached hydrogens (tertiary/aromatic N) is 3. The zero-order valence-electron chi connectivity index (χ0n) is 10.6. The molecule has 96 valence electrons. The highest BCUT2D eigenvalue weighted by Gasteiger charge is 2.13. The van der Waals surface area contributed by atoms with Crippen LogP contribution in [-0.4, -0.2) is 40.3 Å². The van der Waals surface area contributed by atoms with E-state index in [0.29, 0.717) is 0 Å². The topological polar surface area (TPSA) is 33.1 Å². The van der Waals surface area contributed by atoms with Gasteiger partial charge in [-0.25, -0.2) is 4.31 Å². The van der Waals surface area contributed by atoms with Crippen molar-refractivity contribution < 1.29 is 0 Å². The summed E-state index contributed by atoms with van der Waals surface area (Å²) in [6.07, 6.45) is 1.99. The average Bonchev–Trinajstić information content (AvgIpc) is 2.84. The molecule has 0 saturated carbocycles. The fourth-order valence-electron chi connectivity index (χ4n) is 2.28. The zero-order chi connectivity index (χ0) is 12.4. The fourth-order valence-corrected chi connectivity index (χ4v) is 3.32. The molecule has 1 fully saturated rings. The summed E-state index contributed by atoms with van der Waals surface area (Å²) in [5.74, 6) is 0. The smallest absolute Gasteiger partial charge is 0.0694 e. The lowest BCUT2D eigenvalue weighted by molar-refractivity contribution is 0.396. The maximum Gasteiger partial charge on any atom is 0.0694 e. The number of fused-ring (bicyclic) bond motifs is 1. The standard InChI is InChI=1S/C13H18N4S/c1-2-17-12-4-3-5-13(11(12)10-15-17)18-16-8-6-14-7-9-16/h3-5,10,14H,2,6-9H2,1H3. The Hall–Kier alpha value is -1.04. The lowest BCUT2D eigenvalue weighted by Crippen LogP contribution is -2.39. The molecular weight excluding hydrogens is 244 g/mol. The van der Waals surface area contributed by atoms with Crippen LogP contribution < -0.4 is 5.32 Å². The molecule has 0 spiro atoms. The number of aromatic nitrogens is 2. The van der Waals surface area contributed by atoms with Crippen LogP contribution in [0.3, 0.4) is 0 Å². The lowest BCUT2D eigenvalue weighted by Gasteiger charge is -2.26. The van der Waals surface area contributed by atoms with E-state index < -0.39 is 0 Å². The van der Waals surface area contributed by atoms with Gasteiger partial charge < -0.3 is 5.32 Å². The van der Waals surface area contributed by atoms with Crippen LogP contribution in [0, 0.1) is 0 Å². The third-order valence-electron chi connectivity index (χ3n) is 3.25. The van der Waals surface area contributed by atoms with E-state index in [-0.39, 0.29) is 0 Å². The number of aryl methyl sites for hydroxylation is 1. The summed E-state index contributed by atoms with van der Waals surface area (Å²) in [4.78, 5) is 1.31. The number of hydrogen-bond donors (Lipinski definition) is 1. The monoisotopic (exact) mass is 262 g/mol. The summed E-state index contributed by atoms with van der Waals surface area (Å²) >= 11 is 1.86. The third-order valence-corrected chi connectivity index (χ3v) is 4.43. The van der Waals surface area contributed by atoms with E-state index in [1.54, 1.807) is 0 Å². The molecule has 4 nitrogen and oxygen atoms in total. The summed E-state index contributed by atoms with van der Waals surface area (Å²) in [7, 11) is 0. The minimum absolute atomic E-state index is 0.922. The molecule has 18 heavy (non-hydrogen) atoms. The first-order valence-electron chi connectivity index (χ1n) is 6.46. The molecule has 2 aromatic rings. The molecule has 0 unspecified atom stereocenters. The number of hydrogen-bond acceptors (Lipinski definition) is 4. The van der Waals surface area contributed by atoms with E-state index in [0.717, 1.165) is 32.7 Å². The SMILES string of the molecule is CCn1ncc2c(SN3CCNCC3)cccc21. The molecule has 1 saturated heterocycles. The fraction of sp³-hybridized carbons (Fsp3) is 0.462. The van der Waals surface area contributed by atoms with Crippen LogP contribution in [-0.2, 0) is 6.54 Å². The molecule has 5 heteroatoms. The molecule has 1 N–H and O–H groups in total. The number of piperazine rings is 1. The Morgan fingerprint density at radius 3 is 2.94 bits per heavy atom. The largest absolute Gasteiger partial charge is 0.314 e. The van der Waals surface area contributed by atoms with Crippen LogP contribution in [0.15, 0.2) is 29.3 Å². The van der Waals surface area contributed by atoms with E-state index in [1.807, 2.05) is 18.1 Å². The van der Waals surface area contributed by atoms with Gasteiger partial charge in [0.15, 0.2) is 0 Å². The van der Waals surface area contributed by atoms with Crippen LogP contribution in [0.25, 0.3) is 10.9 Å². The summed E-state index contributed by atoms with van der Waals surface area (Å²) in [6.45, 7) is 7.41. The second-order valence-electron chi connectivity index (χ2n) is 4.42. The van der Waals surface area contributed by atoms with Gasteiger partial charge in [0.2, 0.25) is 0 Å². The number of nitrogens with one attached hydrogen (secondary N) is 1. The normalized spacial score (nSPS) is 17.4. The van der Waals surface area contributed by atoms with Crippen molar-refractivity contribution in [2.24, 2.45) is 0 Å². The zero-order valence-corrected chi connectivity index (χ0v) is 11.4. The van der Waals surface area contributed by atoms with Gasteiger partial charge in [-0.3, -0.25) is 4.68 Å². The molecular formula is C13H18N4S. The maximum atomic E-state index is 4.44. The van der Waals surface area contributed by atoms with E-state index in [2.05, 4.69) is 44.5 Å². The Labute approximate surface area is 111 Å². The first-order valence-corrected chi connectivity index (χ1v) is 7.24. The van der Waals surface area contributed by atoms with Crippen molar-refractivity contribution in [3.8, 4) is 0 Å². The molecule has 1 aromatic heterocycles. The molecule has 0 radical (unpaired) electrons. The van der Waals surface area contributed by atoms with E-state index in [1.165, 1.54) is 15.8 Å². The van der Waals surface area contributed by atoms with E-state index >= 15 is 0 Å². The molecule has 1 aromatic carbocycles. The Kier molecular flexibility index (Phi) is 3.54. The van der Waals surface area contributed by atoms with Crippen molar-refractivity contribution >= 4 is 22.9 Å². The predicted molar refractivity (Wildman–Crippen MR) is 75.7 cm³/mol. The van der Waals surface area contributed by atoms with Crippen molar-refractivity contribution in [3.05, 3.63) is 24.4 Å². The van der Waals surface area contributed by atoms with Crippen molar-refractivity contribution in [2.45, 2.75) is 18.4 Å². The number of rotatable bonds is 3. The van der Waals surface area contributed by atoms with E-state index in [9.17, 15) is 0 Å². The molecule has 1 aliphatic rings. The minimum Gasteiger partial charge on any atom is -0.314 e. The predicted octanol–water partition coefficient (Wildman–Crippen LogP) is 1.97. The molecule has 0 aliphatic carbocycles. The highest BCUT2D eigenvalue weighted by Crippen LogP contribution is 2.30. The van der Waals surface area contributed by atoms with Crippen LogP contribution in [0.2, 0.25) is 0 Å². The highest BCUT2D eigenvalue weighted by atomic mass is 32.2. The molecule has 1 aliphatic heterocycles. The van der Waals surface area contributed by atoms with Gasteiger partial charge >= 0.3 is 0 Å². The molecule has 0 amide bonds. The summed E-state index contributed by atoms with van der Waals surface area (Å²) in [5, 5.41) is 9.09. The van der Waals surface area contributed by atoms with Gasteiger partial charge in [0.25, 0.3) is 0 Å². The Balaban J connectivity index is 1.89. The maximum absolute atomic E-state index is 4.44. The second kappa shape index (κ2) is 5.30.